The van der Waals surface area contributed by atoms with Crippen molar-refractivity contribution in [2.24, 2.45) is 0 Å². The van der Waals surface area contributed by atoms with Crippen LogP contribution in [0.4, 0.5) is 34.1 Å². The number of aromatic nitrogens is 3. The lowest BCUT2D eigenvalue weighted by atomic mass is 9.33. The van der Waals surface area contributed by atoms with Crippen LogP contribution in [-0.4, -0.2) is 20.4 Å². The van der Waals surface area contributed by atoms with Gasteiger partial charge in [0.05, 0.1) is 61.5 Å². The summed E-state index contributed by atoms with van der Waals surface area (Å²) in [6, 6.07) is 105. The molecule has 86 heavy (non-hydrogen) atoms. The van der Waals surface area contributed by atoms with Gasteiger partial charge in [-0.2, -0.15) is 0 Å². The van der Waals surface area contributed by atoms with Gasteiger partial charge in [-0.05, 0) is 124 Å². The Labute approximate surface area is 502 Å². The third-order valence-corrected chi connectivity index (χ3v) is 21.0. The molecule has 13 aromatic carbocycles. The van der Waals surface area contributed by atoms with Gasteiger partial charge in [-0.3, -0.25) is 0 Å². The van der Waals surface area contributed by atoms with Gasteiger partial charge in [0.2, 0.25) is 0 Å². The molecule has 2 aliphatic rings. The zero-order valence-corrected chi connectivity index (χ0v) is 47.8. The smallest absolute Gasteiger partial charge is 0.252 e. The van der Waals surface area contributed by atoms with Crippen LogP contribution in [0.15, 0.2) is 279 Å². The molecule has 0 saturated carbocycles. The maximum absolute atomic E-state index is 2.66. The predicted octanol–water partition coefficient (Wildman–Crippen LogP) is 19.8. The molecule has 0 atom stereocenters. The summed E-state index contributed by atoms with van der Waals surface area (Å²) in [4.78, 5) is 5.32. The molecule has 0 amide bonds. The number of rotatable bonds is 5. The molecule has 0 bridgehead atoms. The van der Waals surface area contributed by atoms with Gasteiger partial charge in [-0.25, -0.2) is 0 Å². The Morgan fingerprint density at radius 1 is 0.221 bits per heavy atom. The summed E-state index contributed by atoms with van der Waals surface area (Å²) in [6.45, 7) is -0.170. The van der Waals surface area contributed by atoms with E-state index in [4.69, 9.17) is 0 Å². The summed E-state index contributed by atoms with van der Waals surface area (Å²) in [7, 11) is 0. The molecule has 7 heterocycles. The highest BCUT2D eigenvalue weighted by atomic mass is 32.1. The van der Waals surface area contributed by atoms with E-state index < -0.39 is 0 Å². The zero-order valence-electron chi connectivity index (χ0n) is 46.2. The Hall–Kier alpha value is -10.6. The first kappa shape index (κ1) is 46.8. The van der Waals surface area contributed by atoms with Crippen molar-refractivity contribution in [1.29, 1.82) is 0 Å². The Bertz CT molecular complexity index is 5510. The molecule has 0 saturated heterocycles. The Morgan fingerprint density at radius 3 is 0.895 bits per heavy atom. The molecule has 2 aliphatic heterocycles. The highest BCUT2D eigenvalue weighted by Crippen LogP contribution is 2.52. The fourth-order valence-corrected chi connectivity index (χ4v) is 17.6. The molecule has 18 aromatic rings. The van der Waals surface area contributed by atoms with Gasteiger partial charge in [-0.1, -0.05) is 182 Å². The van der Waals surface area contributed by atoms with E-state index in [-0.39, 0.29) is 6.71 Å². The minimum atomic E-state index is -0.170. The van der Waals surface area contributed by atoms with Gasteiger partial charge >= 0.3 is 0 Å². The van der Waals surface area contributed by atoms with Crippen LogP contribution in [0, 0.1) is 0 Å². The molecule has 5 aromatic heterocycles. The molecule has 398 valence electrons. The van der Waals surface area contributed by atoms with E-state index in [0.29, 0.717) is 0 Å². The fourth-order valence-electron chi connectivity index (χ4n) is 15.3. The highest BCUT2D eigenvalue weighted by Gasteiger charge is 2.46. The largest absolute Gasteiger partial charge is 0.309 e. The van der Waals surface area contributed by atoms with E-state index in [0.717, 1.165) is 39.8 Å². The van der Waals surface area contributed by atoms with Crippen molar-refractivity contribution in [1.82, 2.24) is 13.7 Å². The van der Waals surface area contributed by atoms with E-state index in [9.17, 15) is 0 Å². The second-order valence-electron chi connectivity index (χ2n) is 23.1. The monoisotopic (exact) mass is 1130 g/mol. The summed E-state index contributed by atoms with van der Waals surface area (Å²) in [5.74, 6) is 0. The fraction of sp³-hybridized carbons (Fsp3) is 0. The Morgan fingerprint density at radius 2 is 0.523 bits per heavy atom. The summed E-state index contributed by atoms with van der Waals surface area (Å²) < 4.78 is 12.7. The minimum Gasteiger partial charge on any atom is -0.309 e. The number of hydrogen-bond acceptors (Lipinski definition) is 4. The lowest BCUT2D eigenvalue weighted by Gasteiger charge is -2.45. The number of fused-ring (bicyclic) bond motifs is 19. The number of hydrogen-bond donors (Lipinski definition) is 0. The van der Waals surface area contributed by atoms with Crippen molar-refractivity contribution in [3.05, 3.63) is 279 Å². The van der Waals surface area contributed by atoms with Crippen LogP contribution < -0.4 is 26.2 Å². The first-order valence-electron chi connectivity index (χ1n) is 29.5. The van der Waals surface area contributed by atoms with Crippen LogP contribution in [0.2, 0.25) is 0 Å². The summed E-state index contributed by atoms with van der Waals surface area (Å²) in [5.41, 5.74) is 21.0. The van der Waals surface area contributed by atoms with Crippen LogP contribution >= 0.6 is 22.7 Å². The van der Waals surface area contributed by atoms with Crippen molar-refractivity contribution in [2.75, 3.05) is 9.80 Å². The standard InChI is InChI=1S/C78H46BN5S2/c1-9-29-60-48(21-1)49-22-2-10-30-61(49)80(60)47-41-72-78-73(42-47)84(69-38-18-16-36-67(69)82-64-33-13-5-25-52(64)53-26-6-14-34-65(53)82)71-46-77-57(55-28-8-20-40-75(55)86-77)44-59(71)79(78)58-43-56-54-27-7-19-39-74(54)85-76(56)45-70(58)83(72)68-37-17-15-35-66(68)81-62-31-11-3-23-50(62)51-24-4-12-32-63(51)81/h1-46H. The van der Waals surface area contributed by atoms with Crippen molar-refractivity contribution in [3.63, 3.8) is 0 Å². The molecule has 8 heteroatoms. The van der Waals surface area contributed by atoms with E-state index in [2.05, 4.69) is 303 Å². The average Bonchev–Trinajstić information content (AvgIpc) is 0.858. The molecule has 0 radical (unpaired) electrons. The maximum Gasteiger partial charge on any atom is 0.252 e. The molecule has 0 N–H and O–H groups in total. The SMILES string of the molecule is c1ccc(-n2c3ccccc3c3ccccc32)c(N2c3cc4sc5ccccc5c4cc3B3c4cc5c(cc4N(c4ccccc4-n4c6ccccc6c6ccccc64)c4cc(-n6c7ccccc7c7ccccc76)cc2c43)sc2ccccc25)c1. The van der Waals surface area contributed by atoms with Crippen LogP contribution in [0.5, 0.6) is 0 Å². The predicted molar refractivity (Wildman–Crippen MR) is 369 cm³/mol. The normalized spacial score (nSPS) is 13.0. The number of benzene rings is 13. The third-order valence-electron chi connectivity index (χ3n) is 18.8. The topological polar surface area (TPSA) is 21.3 Å². The second kappa shape index (κ2) is 17.5. The highest BCUT2D eigenvalue weighted by molar-refractivity contribution is 7.26. The zero-order chi connectivity index (χ0) is 55.9. The van der Waals surface area contributed by atoms with Crippen molar-refractivity contribution < 1.29 is 0 Å². The van der Waals surface area contributed by atoms with Gasteiger partial charge in [0.1, 0.15) is 0 Å². The first-order valence-corrected chi connectivity index (χ1v) is 31.2. The first-order chi connectivity index (χ1) is 42.7. The van der Waals surface area contributed by atoms with E-state index in [1.54, 1.807) is 0 Å². The van der Waals surface area contributed by atoms with Crippen LogP contribution in [0.3, 0.4) is 0 Å². The van der Waals surface area contributed by atoms with Crippen molar-refractivity contribution in [3.8, 4) is 17.1 Å². The Kier molecular flexibility index (Phi) is 9.51. The summed E-state index contributed by atoms with van der Waals surface area (Å²) in [5, 5.41) is 12.5. The number of anilines is 6. The Balaban J connectivity index is 0.981. The summed E-state index contributed by atoms with van der Waals surface area (Å²) >= 11 is 3.79. The van der Waals surface area contributed by atoms with Gasteiger partial charge in [-0.15, -0.1) is 22.7 Å². The molecular formula is C78H46BN5S2. The lowest BCUT2D eigenvalue weighted by Crippen LogP contribution is -2.61. The summed E-state index contributed by atoms with van der Waals surface area (Å²) in [6.07, 6.45) is 0. The molecule has 0 aliphatic carbocycles. The van der Waals surface area contributed by atoms with Gasteiger partial charge < -0.3 is 23.5 Å². The minimum absolute atomic E-state index is 0.170. The molecule has 0 fully saturated rings. The molecule has 5 nitrogen and oxygen atoms in total. The lowest BCUT2D eigenvalue weighted by molar-refractivity contribution is 1.13. The van der Waals surface area contributed by atoms with E-state index in [1.165, 1.54) is 134 Å². The van der Waals surface area contributed by atoms with Crippen molar-refractivity contribution >= 4 is 186 Å². The van der Waals surface area contributed by atoms with Crippen LogP contribution in [0.1, 0.15) is 0 Å². The third kappa shape index (κ3) is 6.28. The van der Waals surface area contributed by atoms with E-state index >= 15 is 0 Å². The maximum atomic E-state index is 2.66. The molecular weight excluding hydrogens is 1080 g/mol. The average molecular weight is 1130 g/mol. The number of para-hydroxylation sites is 10. The molecule has 0 spiro atoms. The van der Waals surface area contributed by atoms with E-state index in [1.807, 2.05) is 22.7 Å². The van der Waals surface area contributed by atoms with Gasteiger partial charge in [0.25, 0.3) is 6.71 Å². The second-order valence-corrected chi connectivity index (χ2v) is 25.3. The number of nitrogens with zero attached hydrogens (tertiary/aromatic N) is 5. The van der Waals surface area contributed by atoms with Crippen molar-refractivity contribution in [2.45, 2.75) is 0 Å². The van der Waals surface area contributed by atoms with Crippen LogP contribution in [0.25, 0.3) is 123 Å². The molecule has 0 unspecified atom stereocenters. The van der Waals surface area contributed by atoms with Gasteiger partial charge in [0, 0.05) is 84.6 Å². The van der Waals surface area contributed by atoms with Gasteiger partial charge in [0.15, 0.2) is 0 Å². The van der Waals surface area contributed by atoms with Crippen LogP contribution in [-0.2, 0) is 0 Å². The molecule has 20 rings (SSSR count). The quantitative estimate of drug-likeness (QED) is 0.160. The number of thiophene rings is 2.